The summed E-state index contributed by atoms with van der Waals surface area (Å²) in [4.78, 5) is 6.50. The van der Waals surface area contributed by atoms with Gasteiger partial charge in [0.25, 0.3) is 0 Å². The van der Waals surface area contributed by atoms with Gasteiger partial charge in [-0.05, 0) is 49.1 Å². The summed E-state index contributed by atoms with van der Waals surface area (Å²) in [5, 5.41) is 9.33. The van der Waals surface area contributed by atoms with Crippen molar-refractivity contribution in [2.24, 2.45) is 13.0 Å². The third-order valence-corrected chi connectivity index (χ3v) is 7.46. The van der Waals surface area contributed by atoms with Crippen LogP contribution in [0.3, 0.4) is 0 Å². The molecule has 3 aromatic rings. The summed E-state index contributed by atoms with van der Waals surface area (Å²) in [7, 11) is 1.91. The first-order valence-corrected chi connectivity index (χ1v) is 12.2. The van der Waals surface area contributed by atoms with E-state index >= 15 is 0 Å². The van der Waals surface area contributed by atoms with Gasteiger partial charge in [0.1, 0.15) is 0 Å². The number of rotatable bonds is 8. The Balaban J connectivity index is 1.32. The van der Waals surface area contributed by atoms with Crippen LogP contribution >= 0.6 is 11.8 Å². The molecule has 0 spiro atoms. The molecule has 0 radical (unpaired) electrons. The molecule has 1 saturated heterocycles. The van der Waals surface area contributed by atoms with E-state index in [2.05, 4.69) is 33.6 Å². The quantitative estimate of drug-likeness (QED) is 0.299. The summed E-state index contributed by atoms with van der Waals surface area (Å²) in [6, 6.07) is 4.02. The van der Waals surface area contributed by atoms with E-state index in [4.69, 9.17) is 4.42 Å². The van der Waals surface area contributed by atoms with Crippen molar-refractivity contribution in [1.29, 1.82) is 0 Å². The number of likely N-dealkylation sites (tertiary alicyclic amines) is 1. The van der Waals surface area contributed by atoms with E-state index in [1.54, 1.807) is 17.8 Å². The first-order valence-electron chi connectivity index (χ1n) is 11.2. The SMILES string of the molecule is C=Cc1cc(C(F)(F)F)ccc1[C@@H]1CN(CCCSc2nnc(-c3ocnc3C)n2C)C[C@H]1C. The van der Waals surface area contributed by atoms with Crippen molar-refractivity contribution >= 4 is 17.8 Å². The van der Waals surface area contributed by atoms with Crippen LogP contribution < -0.4 is 0 Å². The van der Waals surface area contributed by atoms with Crippen LogP contribution in [0.15, 0.2) is 40.7 Å². The van der Waals surface area contributed by atoms with E-state index in [1.165, 1.54) is 24.6 Å². The van der Waals surface area contributed by atoms with Crippen molar-refractivity contribution in [3.63, 3.8) is 0 Å². The number of nitrogens with zero attached hydrogens (tertiary/aromatic N) is 5. The molecule has 0 unspecified atom stereocenters. The molecule has 0 aliphatic carbocycles. The predicted molar refractivity (Wildman–Crippen MR) is 126 cm³/mol. The Morgan fingerprint density at radius 3 is 2.74 bits per heavy atom. The van der Waals surface area contributed by atoms with E-state index in [0.29, 0.717) is 23.1 Å². The number of thioether (sulfide) groups is 1. The Kier molecular flexibility index (Phi) is 7.18. The molecular weight excluding hydrogens is 463 g/mol. The molecule has 3 heterocycles. The Bertz CT molecular complexity index is 1160. The third kappa shape index (κ3) is 5.07. The van der Waals surface area contributed by atoms with Gasteiger partial charge in [0.15, 0.2) is 17.3 Å². The highest BCUT2D eigenvalue weighted by Crippen LogP contribution is 2.38. The van der Waals surface area contributed by atoms with Crippen molar-refractivity contribution < 1.29 is 17.6 Å². The number of hydrogen-bond acceptors (Lipinski definition) is 6. The van der Waals surface area contributed by atoms with Gasteiger partial charge in [0, 0.05) is 31.8 Å². The van der Waals surface area contributed by atoms with Gasteiger partial charge >= 0.3 is 6.18 Å². The Morgan fingerprint density at radius 1 is 1.26 bits per heavy atom. The summed E-state index contributed by atoms with van der Waals surface area (Å²) in [6.45, 7) is 10.4. The molecule has 1 aromatic carbocycles. The minimum atomic E-state index is -4.35. The van der Waals surface area contributed by atoms with E-state index in [1.807, 2.05) is 18.5 Å². The van der Waals surface area contributed by atoms with Crippen LogP contribution in [-0.4, -0.2) is 50.0 Å². The van der Waals surface area contributed by atoms with Crippen LogP contribution in [0.5, 0.6) is 0 Å². The first kappa shape index (κ1) is 24.5. The largest absolute Gasteiger partial charge is 0.440 e. The smallest absolute Gasteiger partial charge is 0.416 e. The van der Waals surface area contributed by atoms with Crippen molar-refractivity contribution in [2.45, 2.75) is 37.5 Å². The third-order valence-electron chi connectivity index (χ3n) is 6.35. The molecule has 0 saturated carbocycles. The number of hydrogen-bond donors (Lipinski definition) is 0. The lowest BCUT2D eigenvalue weighted by molar-refractivity contribution is -0.137. The number of oxazole rings is 1. The number of aryl methyl sites for hydroxylation is 1. The molecule has 2 aromatic heterocycles. The van der Waals surface area contributed by atoms with Gasteiger partial charge in [-0.2, -0.15) is 13.2 Å². The number of benzene rings is 1. The Morgan fingerprint density at radius 2 is 2.06 bits per heavy atom. The average molecular weight is 492 g/mol. The minimum Gasteiger partial charge on any atom is -0.440 e. The van der Waals surface area contributed by atoms with E-state index in [0.717, 1.165) is 48.2 Å². The van der Waals surface area contributed by atoms with E-state index in [9.17, 15) is 13.2 Å². The molecule has 4 rings (SSSR count). The fraction of sp³-hybridized carbons (Fsp3) is 0.458. The van der Waals surface area contributed by atoms with Gasteiger partial charge in [0.05, 0.1) is 11.3 Å². The maximum absolute atomic E-state index is 13.1. The van der Waals surface area contributed by atoms with Gasteiger partial charge in [-0.15, -0.1) is 10.2 Å². The number of halogens is 3. The standard InChI is InChI=1S/C24H28F3N5OS/c1-5-17-11-18(24(25,26)27)7-8-19(17)20-13-32(12-15(20)2)9-6-10-34-23-30-29-22(31(23)4)21-16(3)28-14-33-21/h5,7-8,11,14-15,20H,1,6,9-10,12-13H2,2-4H3/t15-,20-/m1/s1. The Labute approximate surface area is 201 Å². The molecule has 1 aliphatic heterocycles. The van der Waals surface area contributed by atoms with E-state index in [-0.39, 0.29) is 5.92 Å². The molecule has 10 heteroatoms. The van der Waals surface area contributed by atoms with Crippen LogP contribution in [0.2, 0.25) is 0 Å². The molecule has 0 bridgehead atoms. The lowest BCUT2D eigenvalue weighted by atomic mass is 9.86. The van der Waals surface area contributed by atoms with Crippen LogP contribution in [0.25, 0.3) is 17.7 Å². The van der Waals surface area contributed by atoms with Crippen LogP contribution in [-0.2, 0) is 13.2 Å². The van der Waals surface area contributed by atoms with Crippen molar-refractivity contribution in [1.82, 2.24) is 24.6 Å². The fourth-order valence-electron chi connectivity index (χ4n) is 4.53. The topological polar surface area (TPSA) is 60.0 Å². The van der Waals surface area contributed by atoms with Gasteiger partial charge in [-0.25, -0.2) is 4.98 Å². The lowest BCUT2D eigenvalue weighted by Gasteiger charge is -2.19. The molecule has 1 fully saturated rings. The van der Waals surface area contributed by atoms with Gasteiger partial charge in [-0.3, -0.25) is 0 Å². The number of aromatic nitrogens is 4. The lowest BCUT2D eigenvalue weighted by Crippen LogP contribution is -2.22. The highest BCUT2D eigenvalue weighted by atomic mass is 32.2. The molecule has 1 aliphatic rings. The first-order chi connectivity index (χ1) is 16.2. The fourth-order valence-corrected chi connectivity index (χ4v) is 5.36. The second-order valence-corrected chi connectivity index (χ2v) is 9.79. The van der Waals surface area contributed by atoms with Crippen molar-refractivity contribution in [2.75, 3.05) is 25.4 Å². The summed E-state index contributed by atoms with van der Waals surface area (Å²) in [5.41, 5.74) is 1.67. The molecule has 0 N–H and O–H groups in total. The maximum Gasteiger partial charge on any atom is 0.416 e. The Hall–Kier alpha value is -2.59. The highest BCUT2D eigenvalue weighted by molar-refractivity contribution is 7.99. The predicted octanol–water partition coefficient (Wildman–Crippen LogP) is 5.66. The molecule has 6 nitrogen and oxygen atoms in total. The molecule has 182 valence electrons. The minimum absolute atomic E-state index is 0.189. The monoisotopic (exact) mass is 491 g/mol. The summed E-state index contributed by atoms with van der Waals surface area (Å²) in [6.07, 6.45) is -0.446. The highest BCUT2D eigenvalue weighted by Gasteiger charge is 2.34. The maximum atomic E-state index is 13.1. The van der Waals surface area contributed by atoms with Crippen molar-refractivity contribution in [3.05, 3.63) is 53.6 Å². The van der Waals surface area contributed by atoms with Crippen molar-refractivity contribution in [3.8, 4) is 11.6 Å². The van der Waals surface area contributed by atoms with Crippen LogP contribution in [0.1, 0.15) is 41.6 Å². The normalized spacial score (nSPS) is 19.1. The molecular formula is C24H28F3N5OS. The summed E-state index contributed by atoms with van der Waals surface area (Å²) in [5.74, 6) is 2.71. The van der Waals surface area contributed by atoms with Gasteiger partial charge in [0.2, 0.25) is 5.82 Å². The van der Waals surface area contributed by atoms with Crippen LogP contribution in [0, 0.1) is 12.8 Å². The zero-order chi connectivity index (χ0) is 24.5. The van der Waals surface area contributed by atoms with Gasteiger partial charge < -0.3 is 13.9 Å². The van der Waals surface area contributed by atoms with E-state index < -0.39 is 11.7 Å². The second kappa shape index (κ2) is 9.95. The average Bonchev–Trinajstić information content (AvgIpc) is 3.48. The summed E-state index contributed by atoms with van der Waals surface area (Å²) < 4.78 is 46.6. The number of alkyl halides is 3. The zero-order valence-corrected chi connectivity index (χ0v) is 20.3. The molecule has 2 atom stereocenters. The molecule has 34 heavy (non-hydrogen) atoms. The summed E-state index contributed by atoms with van der Waals surface area (Å²) >= 11 is 1.64. The van der Waals surface area contributed by atoms with Gasteiger partial charge in [-0.1, -0.05) is 37.4 Å². The second-order valence-electron chi connectivity index (χ2n) is 8.72. The zero-order valence-electron chi connectivity index (χ0n) is 19.5. The molecule has 0 amide bonds. The van der Waals surface area contributed by atoms with Crippen LogP contribution in [0.4, 0.5) is 13.2 Å².